The van der Waals surface area contributed by atoms with Gasteiger partial charge in [0, 0.05) is 13.1 Å². The zero-order valence-corrected chi connectivity index (χ0v) is 20.6. The molecule has 0 radical (unpaired) electrons. The lowest BCUT2D eigenvalue weighted by Crippen LogP contribution is -2.31. The molecule has 4 heteroatoms. The van der Waals surface area contributed by atoms with Gasteiger partial charge in [0.15, 0.2) is 4.32 Å². The normalized spacial score (nSPS) is 11.3. The summed E-state index contributed by atoms with van der Waals surface area (Å²) in [5.41, 5.74) is 0. The van der Waals surface area contributed by atoms with Crippen LogP contribution in [0.15, 0.2) is 0 Å². The van der Waals surface area contributed by atoms with Crippen LogP contribution >= 0.6 is 24.2 Å². The van der Waals surface area contributed by atoms with E-state index in [0.717, 1.165) is 17.4 Å². The molecule has 0 aromatic carbocycles. The third-order valence-electron chi connectivity index (χ3n) is 5.08. The summed E-state index contributed by atoms with van der Waals surface area (Å²) in [6.07, 6.45) is 22.1. The summed E-state index contributed by atoms with van der Waals surface area (Å²) in [7, 11) is 4.17. The van der Waals surface area contributed by atoms with Crippen molar-refractivity contribution >= 4 is 28.5 Å². The van der Waals surface area contributed by atoms with E-state index in [1.807, 2.05) is 0 Å². The van der Waals surface area contributed by atoms with Crippen molar-refractivity contribution in [1.82, 2.24) is 9.21 Å². The average molecular weight is 417 g/mol. The molecule has 162 valence electrons. The molecule has 0 aromatic rings. The highest BCUT2D eigenvalue weighted by atomic mass is 32.2. The van der Waals surface area contributed by atoms with Gasteiger partial charge in [0.1, 0.15) is 0 Å². The third-order valence-corrected chi connectivity index (χ3v) is 6.34. The van der Waals surface area contributed by atoms with Crippen molar-refractivity contribution in [3.63, 3.8) is 0 Å². The maximum absolute atomic E-state index is 5.70. The Labute approximate surface area is 181 Å². The van der Waals surface area contributed by atoms with E-state index in [-0.39, 0.29) is 0 Å². The van der Waals surface area contributed by atoms with Crippen LogP contribution in [0.1, 0.15) is 117 Å². The number of hydrogen-bond acceptors (Lipinski definition) is 3. The minimum Gasteiger partial charge on any atom is -0.356 e. The highest BCUT2D eigenvalue weighted by Gasteiger charge is 2.11. The lowest BCUT2D eigenvalue weighted by atomic mass is 10.1. The second-order valence-electron chi connectivity index (χ2n) is 8.11. The van der Waals surface area contributed by atoms with Gasteiger partial charge in [-0.05, 0) is 38.9 Å². The van der Waals surface area contributed by atoms with Crippen LogP contribution in [0.25, 0.3) is 0 Å². The highest BCUT2D eigenvalue weighted by molar-refractivity contribution is 8.21. The summed E-state index contributed by atoms with van der Waals surface area (Å²) in [5, 5.41) is 0. The van der Waals surface area contributed by atoms with Crippen LogP contribution in [-0.4, -0.2) is 40.7 Å². The quantitative estimate of drug-likeness (QED) is 0.119. The van der Waals surface area contributed by atoms with Gasteiger partial charge in [-0.2, -0.15) is 0 Å². The summed E-state index contributed by atoms with van der Waals surface area (Å²) < 4.78 is 3.18. The Hall–Kier alpha value is 0.200. The van der Waals surface area contributed by atoms with E-state index in [2.05, 4.69) is 37.1 Å². The van der Waals surface area contributed by atoms with Crippen LogP contribution in [0.2, 0.25) is 0 Å². The monoisotopic (exact) mass is 416 g/mol. The molecule has 0 saturated carbocycles. The van der Waals surface area contributed by atoms with Gasteiger partial charge in [0.2, 0.25) is 0 Å². The zero-order chi connectivity index (χ0) is 20.2. The third kappa shape index (κ3) is 19.3. The lowest BCUT2D eigenvalue weighted by Gasteiger charge is -2.26. The molecule has 0 atom stereocenters. The Bertz CT molecular complexity index is 302. The topological polar surface area (TPSA) is 6.48 Å². The van der Waals surface area contributed by atoms with E-state index >= 15 is 0 Å². The standard InChI is InChI=1S/C23H48N2S2/c1-5-7-9-11-13-15-17-19-21-25(23(26)27-24(3)4)22-20-18-16-14-12-10-8-6-2/h5-22H2,1-4H3. The molecule has 0 aliphatic heterocycles. The molecule has 0 aliphatic carbocycles. The molecule has 0 heterocycles. The first kappa shape index (κ1) is 27.2. The van der Waals surface area contributed by atoms with Crippen LogP contribution in [0.3, 0.4) is 0 Å². The number of nitrogens with zero attached hydrogens (tertiary/aromatic N) is 2. The lowest BCUT2D eigenvalue weighted by molar-refractivity contribution is 0.394. The van der Waals surface area contributed by atoms with Crippen molar-refractivity contribution in [2.75, 3.05) is 27.2 Å². The van der Waals surface area contributed by atoms with E-state index in [0.29, 0.717) is 0 Å². The van der Waals surface area contributed by atoms with Crippen molar-refractivity contribution in [3.8, 4) is 0 Å². The van der Waals surface area contributed by atoms with E-state index in [1.54, 1.807) is 11.9 Å². The molecule has 0 saturated heterocycles. The van der Waals surface area contributed by atoms with Gasteiger partial charge in [-0.1, -0.05) is 116 Å². The molecule has 0 bridgehead atoms. The average Bonchev–Trinajstić information content (AvgIpc) is 2.63. The fourth-order valence-corrected chi connectivity index (χ4v) is 4.62. The Morgan fingerprint density at radius 1 is 0.593 bits per heavy atom. The molecule has 0 N–H and O–H groups in total. The van der Waals surface area contributed by atoms with E-state index in [4.69, 9.17) is 12.2 Å². The van der Waals surface area contributed by atoms with Crippen molar-refractivity contribution in [2.24, 2.45) is 0 Å². The van der Waals surface area contributed by atoms with Crippen LogP contribution in [0.4, 0.5) is 0 Å². The van der Waals surface area contributed by atoms with Crippen LogP contribution in [0, 0.1) is 0 Å². The van der Waals surface area contributed by atoms with Gasteiger partial charge in [-0.15, -0.1) is 0 Å². The predicted molar refractivity (Wildman–Crippen MR) is 131 cm³/mol. The molecule has 0 fully saturated rings. The van der Waals surface area contributed by atoms with Crippen molar-refractivity contribution in [1.29, 1.82) is 0 Å². The van der Waals surface area contributed by atoms with Gasteiger partial charge in [-0.25, -0.2) is 0 Å². The molecule has 0 rings (SSSR count). The molecule has 27 heavy (non-hydrogen) atoms. The predicted octanol–water partition coefficient (Wildman–Crippen LogP) is 8.06. The second kappa shape index (κ2) is 20.9. The van der Waals surface area contributed by atoms with Crippen molar-refractivity contribution in [2.45, 2.75) is 117 Å². The van der Waals surface area contributed by atoms with Crippen LogP contribution in [-0.2, 0) is 0 Å². The number of unbranched alkanes of at least 4 members (excludes halogenated alkanes) is 14. The molecule has 0 unspecified atom stereocenters. The summed E-state index contributed by atoms with van der Waals surface area (Å²) in [5.74, 6) is 0. The highest BCUT2D eigenvalue weighted by Crippen LogP contribution is 2.16. The molecule has 0 spiro atoms. The Morgan fingerprint density at radius 2 is 0.926 bits per heavy atom. The minimum atomic E-state index is 1.06. The zero-order valence-electron chi connectivity index (χ0n) is 18.9. The van der Waals surface area contributed by atoms with Crippen molar-refractivity contribution in [3.05, 3.63) is 0 Å². The van der Waals surface area contributed by atoms with Gasteiger partial charge >= 0.3 is 0 Å². The maximum Gasteiger partial charge on any atom is 0.151 e. The van der Waals surface area contributed by atoms with Crippen LogP contribution in [0.5, 0.6) is 0 Å². The molecular weight excluding hydrogens is 368 g/mol. The summed E-state index contributed by atoms with van der Waals surface area (Å²) in [6.45, 7) is 6.86. The Kier molecular flexibility index (Phi) is 21.1. The molecule has 0 amide bonds. The molecule has 2 nitrogen and oxygen atoms in total. The van der Waals surface area contributed by atoms with E-state index in [9.17, 15) is 0 Å². The van der Waals surface area contributed by atoms with Gasteiger partial charge in [-0.3, -0.25) is 4.31 Å². The smallest absolute Gasteiger partial charge is 0.151 e. The Balaban J connectivity index is 3.89. The van der Waals surface area contributed by atoms with Gasteiger partial charge in [0.05, 0.1) is 0 Å². The number of rotatable bonds is 19. The SMILES string of the molecule is CCCCCCCCCCN(CCCCCCCCCC)C(=S)SN(C)C. The second-order valence-corrected chi connectivity index (χ2v) is 10.1. The number of thiocarbonyl (C=S) groups is 1. The number of hydrogen-bond donors (Lipinski definition) is 0. The molecule has 0 aliphatic rings. The molecule has 0 aromatic heterocycles. The first-order chi connectivity index (χ1) is 13.1. The van der Waals surface area contributed by atoms with E-state index < -0.39 is 0 Å². The molecular formula is C23H48N2S2. The maximum atomic E-state index is 5.70. The Morgan fingerprint density at radius 3 is 1.26 bits per heavy atom. The fraction of sp³-hybridized carbons (Fsp3) is 0.957. The van der Waals surface area contributed by atoms with Gasteiger partial charge in [0.25, 0.3) is 0 Å². The van der Waals surface area contributed by atoms with E-state index in [1.165, 1.54) is 103 Å². The van der Waals surface area contributed by atoms with Gasteiger partial charge < -0.3 is 4.90 Å². The fourth-order valence-electron chi connectivity index (χ4n) is 3.38. The first-order valence-corrected chi connectivity index (χ1v) is 12.9. The largest absolute Gasteiger partial charge is 0.356 e. The minimum absolute atomic E-state index is 1.06. The van der Waals surface area contributed by atoms with Crippen molar-refractivity contribution < 1.29 is 0 Å². The summed E-state index contributed by atoms with van der Waals surface area (Å²) >= 11 is 7.40. The summed E-state index contributed by atoms with van der Waals surface area (Å²) in [6, 6.07) is 0. The van der Waals surface area contributed by atoms with Crippen LogP contribution < -0.4 is 0 Å². The first-order valence-electron chi connectivity index (χ1n) is 11.8. The summed E-state index contributed by atoms with van der Waals surface area (Å²) in [4.78, 5) is 2.47.